The number of carbonyl (C=O) groups excluding carboxylic acids is 1. The Hall–Kier alpha value is -1.76. The zero-order chi connectivity index (χ0) is 12.5. The number of rotatable bonds is 4. The first-order valence-corrected chi connectivity index (χ1v) is 6.62. The van der Waals surface area contributed by atoms with Gasteiger partial charge in [-0.2, -0.15) is 5.10 Å². The average Bonchev–Trinajstić information content (AvgIpc) is 2.85. The van der Waals surface area contributed by atoms with Crippen molar-refractivity contribution in [2.45, 2.75) is 26.3 Å². The summed E-state index contributed by atoms with van der Waals surface area (Å²) in [6.45, 7) is 2.71. The van der Waals surface area contributed by atoms with Crippen LogP contribution in [0.2, 0.25) is 0 Å². The van der Waals surface area contributed by atoms with E-state index in [0.717, 1.165) is 24.0 Å². The van der Waals surface area contributed by atoms with Crippen molar-refractivity contribution >= 4 is 23.1 Å². The molecule has 7 heteroatoms. The highest BCUT2D eigenvalue weighted by atomic mass is 32.1. The van der Waals surface area contributed by atoms with Crippen LogP contribution in [0, 0.1) is 12.8 Å². The third-order valence-electron chi connectivity index (χ3n) is 2.89. The van der Waals surface area contributed by atoms with E-state index in [2.05, 4.69) is 20.0 Å². The van der Waals surface area contributed by atoms with E-state index in [9.17, 15) is 4.79 Å². The largest absolute Gasteiger partial charge is 0.318 e. The van der Waals surface area contributed by atoms with Gasteiger partial charge in [-0.3, -0.25) is 9.48 Å². The van der Waals surface area contributed by atoms with E-state index in [1.165, 1.54) is 12.8 Å². The van der Waals surface area contributed by atoms with Gasteiger partial charge in [0.2, 0.25) is 0 Å². The van der Waals surface area contributed by atoms with Crippen molar-refractivity contribution < 1.29 is 4.79 Å². The van der Waals surface area contributed by atoms with Gasteiger partial charge in [-0.15, -0.1) is 5.10 Å². The second-order valence-electron chi connectivity index (χ2n) is 4.54. The van der Waals surface area contributed by atoms with Gasteiger partial charge in [0.25, 0.3) is 5.91 Å². The lowest BCUT2D eigenvalue weighted by Gasteiger charge is -1.99. The topological polar surface area (TPSA) is 72.7 Å². The maximum atomic E-state index is 11.9. The molecule has 0 spiro atoms. The normalized spacial score (nSPS) is 14.7. The second kappa shape index (κ2) is 4.49. The molecule has 2 heterocycles. The van der Waals surface area contributed by atoms with E-state index in [0.29, 0.717) is 16.3 Å². The van der Waals surface area contributed by atoms with E-state index >= 15 is 0 Å². The van der Waals surface area contributed by atoms with Gasteiger partial charge in [-0.05, 0) is 37.2 Å². The van der Waals surface area contributed by atoms with Crippen molar-refractivity contribution in [3.05, 3.63) is 23.0 Å². The molecule has 0 aliphatic heterocycles. The molecule has 0 saturated heterocycles. The summed E-state index contributed by atoms with van der Waals surface area (Å²) < 4.78 is 5.63. The highest BCUT2D eigenvalue weighted by Gasteiger charge is 2.22. The smallest absolute Gasteiger partial charge is 0.269 e. The molecule has 1 aliphatic carbocycles. The van der Waals surface area contributed by atoms with Gasteiger partial charge in [0.1, 0.15) is 4.88 Å². The Morgan fingerprint density at radius 2 is 2.44 bits per heavy atom. The lowest BCUT2D eigenvalue weighted by Crippen LogP contribution is -2.11. The first-order valence-electron chi connectivity index (χ1n) is 5.85. The molecule has 3 rings (SSSR count). The lowest BCUT2D eigenvalue weighted by molar-refractivity contribution is 0.103. The Morgan fingerprint density at radius 3 is 3.11 bits per heavy atom. The van der Waals surface area contributed by atoms with Crippen molar-refractivity contribution in [2.24, 2.45) is 5.92 Å². The molecule has 2 aromatic rings. The second-order valence-corrected chi connectivity index (χ2v) is 5.29. The summed E-state index contributed by atoms with van der Waals surface area (Å²) in [6.07, 6.45) is 6.10. The van der Waals surface area contributed by atoms with Crippen molar-refractivity contribution in [1.82, 2.24) is 19.4 Å². The molecule has 1 fully saturated rings. The van der Waals surface area contributed by atoms with Crippen LogP contribution in [-0.4, -0.2) is 25.3 Å². The molecule has 1 N–H and O–H groups in total. The monoisotopic (exact) mass is 263 g/mol. The lowest BCUT2D eigenvalue weighted by atomic mass is 10.3. The van der Waals surface area contributed by atoms with Gasteiger partial charge in [0, 0.05) is 12.7 Å². The number of nitrogens with one attached hydrogen (secondary N) is 1. The third-order valence-corrected chi connectivity index (χ3v) is 3.72. The van der Waals surface area contributed by atoms with Crippen LogP contribution in [0.25, 0.3) is 0 Å². The Morgan fingerprint density at radius 1 is 1.61 bits per heavy atom. The van der Waals surface area contributed by atoms with Crippen molar-refractivity contribution in [2.75, 3.05) is 5.32 Å². The highest BCUT2D eigenvalue weighted by Crippen LogP contribution is 2.30. The van der Waals surface area contributed by atoms with Gasteiger partial charge in [0.05, 0.1) is 17.6 Å². The minimum absolute atomic E-state index is 0.173. The summed E-state index contributed by atoms with van der Waals surface area (Å²) in [5, 5.41) is 10.9. The van der Waals surface area contributed by atoms with Crippen LogP contribution < -0.4 is 5.32 Å². The number of aryl methyl sites for hydroxylation is 1. The zero-order valence-corrected chi connectivity index (χ0v) is 10.8. The number of anilines is 1. The van der Waals surface area contributed by atoms with Gasteiger partial charge in [0.15, 0.2) is 0 Å². The molecule has 6 nitrogen and oxygen atoms in total. The van der Waals surface area contributed by atoms with Crippen LogP contribution in [0.3, 0.4) is 0 Å². The standard InChI is InChI=1S/C11H13N5OS/c1-7-10(18-15-14-7)11(17)13-9-4-12-16(6-9)5-8-2-3-8/h4,6,8H,2-3,5H2,1H3,(H,13,17). The number of nitrogens with zero attached hydrogens (tertiary/aromatic N) is 4. The van der Waals surface area contributed by atoms with Gasteiger partial charge < -0.3 is 5.32 Å². The Bertz CT molecular complexity index is 572. The van der Waals surface area contributed by atoms with Crippen molar-refractivity contribution in [3.8, 4) is 0 Å². The molecule has 1 aliphatic rings. The molecule has 0 bridgehead atoms. The Labute approximate surface area is 108 Å². The molecular weight excluding hydrogens is 250 g/mol. The molecule has 1 amide bonds. The number of carbonyl (C=O) groups is 1. The van der Waals surface area contributed by atoms with Crippen LogP contribution in [-0.2, 0) is 6.54 Å². The zero-order valence-electron chi connectivity index (χ0n) is 9.96. The van der Waals surface area contributed by atoms with E-state index in [-0.39, 0.29) is 5.91 Å². The average molecular weight is 263 g/mol. The summed E-state index contributed by atoms with van der Waals surface area (Å²) >= 11 is 1.10. The molecule has 0 aromatic carbocycles. The summed E-state index contributed by atoms with van der Waals surface area (Å²) in [5.41, 5.74) is 1.37. The van der Waals surface area contributed by atoms with Crippen molar-refractivity contribution in [3.63, 3.8) is 0 Å². The van der Waals surface area contributed by atoms with Gasteiger partial charge in [-0.25, -0.2) is 0 Å². The summed E-state index contributed by atoms with van der Waals surface area (Å²) in [5.74, 6) is 0.592. The number of hydrogen-bond donors (Lipinski definition) is 1. The third kappa shape index (κ3) is 2.40. The SMILES string of the molecule is Cc1nnsc1C(=O)Nc1cnn(CC2CC2)c1. The molecule has 1 saturated carbocycles. The fraction of sp³-hybridized carbons (Fsp3) is 0.455. The van der Waals surface area contributed by atoms with Crippen LogP contribution in [0.4, 0.5) is 5.69 Å². The predicted molar refractivity (Wildman–Crippen MR) is 67.6 cm³/mol. The molecule has 18 heavy (non-hydrogen) atoms. The first kappa shape index (κ1) is 11.3. The number of hydrogen-bond acceptors (Lipinski definition) is 5. The number of amides is 1. The van der Waals surface area contributed by atoms with E-state index in [1.54, 1.807) is 13.1 Å². The van der Waals surface area contributed by atoms with Crippen LogP contribution in [0.1, 0.15) is 28.2 Å². The van der Waals surface area contributed by atoms with E-state index < -0.39 is 0 Å². The minimum atomic E-state index is -0.173. The van der Waals surface area contributed by atoms with E-state index in [4.69, 9.17) is 0 Å². The van der Waals surface area contributed by atoms with Crippen LogP contribution in [0.5, 0.6) is 0 Å². The first-order chi connectivity index (χ1) is 8.72. The number of aromatic nitrogens is 4. The fourth-order valence-electron chi connectivity index (χ4n) is 1.72. The highest BCUT2D eigenvalue weighted by molar-refractivity contribution is 7.08. The fourth-order valence-corrected chi connectivity index (χ4v) is 2.27. The van der Waals surface area contributed by atoms with Crippen molar-refractivity contribution in [1.29, 1.82) is 0 Å². The summed E-state index contributed by atoms with van der Waals surface area (Å²) in [4.78, 5) is 12.5. The Balaban J connectivity index is 1.66. The molecule has 2 aromatic heterocycles. The van der Waals surface area contributed by atoms with E-state index in [1.807, 2.05) is 10.9 Å². The predicted octanol–water partition coefficient (Wildman–Crippen LogP) is 1.71. The molecular formula is C11H13N5OS. The summed E-state index contributed by atoms with van der Waals surface area (Å²) in [7, 11) is 0. The van der Waals surface area contributed by atoms with Gasteiger partial charge in [-0.1, -0.05) is 4.49 Å². The molecule has 0 unspecified atom stereocenters. The van der Waals surface area contributed by atoms with Crippen LogP contribution >= 0.6 is 11.5 Å². The van der Waals surface area contributed by atoms with Crippen LogP contribution in [0.15, 0.2) is 12.4 Å². The molecule has 0 radical (unpaired) electrons. The maximum Gasteiger partial charge on any atom is 0.269 e. The molecule has 94 valence electrons. The quantitative estimate of drug-likeness (QED) is 0.911. The minimum Gasteiger partial charge on any atom is -0.318 e. The maximum absolute atomic E-state index is 11.9. The van der Waals surface area contributed by atoms with Gasteiger partial charge >= 0.3 is 0 Å². The summed E-state index contributed by atoms with van der Waals surface area (Å²) in [6, 6.07) is 0. The molecule has 0 atom stereocenters. The Kier molecular flexibility index (Phi) is 2.83.